The van der Waals surface area contributed by atoms with Gasteiger partial charge < -0.3 is 25.2 Å². The molecule has 0 aliphatic carbocycles. The zero-order chi connectivity index (χ0) is 33.4. The fraction of sp³-hybridized carbons (Fsp3) is 0.618. The average Bonchev–Trinajstić information content (AvgIpc) is 3.33. The van der Waals surface area contributed by atoms with Crippen LogP contribution in [-0.4, -0.2) is 78.0 Å². The Hall–Kier alpha value is -3.57. The van der Waals surface area contributed by atoms with Gasteiger partial charge in [0.1, 0.15) is 5.60 Å². The number of aromatic nitrogens is 1. The summed E-state index contributed by atoms with van der Waals surface area (Å²) < 4.78 is 10.4. The summed E-state index contributed by atoms with van der Waals surface area (Å²) in [4.78, 5) is 48.1. The highest BCUT2D eigenvalue weighted by molar-refractivity contribution is 5.96. The number of nitrogens with one attached hydrogen (secondary N) is 3. The fourth-order valence-corrected chi connectivity index (χ4v) is 4.96. The lowest BCUT2D eigenvalue weighted by Gasteiger charge is -2.21. The van der Waals surface area contributed by atoms with Gasteiger partial charge in [-0.2, -0.15) is 0 Å². The third-order valence-corrected chi connectivity index (χ3v) is 7.32. The number of ether oxygens (including phenoxy) is 1. The number of hydrogen-bond acceptors (Lipinski definition) is 8. The number of nitrogens with zero attached hydrogens (tertiary/aromatic N) is 2. The van der Waals surface area contributed by atoms with Crippen LogP contribution < -0.4 is 16.0 Å². The van der Waals surface area contributed by atoms with Crippen molar-refractivity contribution in [2.24, 2.45) is 11.8 Å². The number of carbonyl (C=O) groups is 4. The predicted molar refractivity (Wildman–Crippen MR) is 173 cm³/mol. The highest BCUT2D eigenvalue weighted by Crippen LogP contribution is 2.29. The Balaban J connectivity index is 0.000000259. The number of carbonyl (C=O) groups excluding carboxylic acids is 4. The van der Waals surface area contributed by atoms with Crippen LogP contribution in [0.3, 0.4) is 0 Å². The molecule has 3 N–H and O–H groups in total. The molecule has 0 spiro atoms. The summed E-state index contributed by atoms with van der Waals surface area (Å²) in [5.74, 6) is 0.998. The smallest absolute Gasteiger partial charge is 0.273 e. The van der Waals surface area contributed by atoms with E-state index < -0.39 is 11.6 Å². The predicted octanol–water partition coefficient (Wildman–Crippen LogP) is 4.05. The van der Waals surface area contributed by atoms with Crippen LogP contribution in [-0.2, 0) is 25.7 Å². The molecule has 3 unspecified atom stereocenters. The summed E-state index contributed by atoms with van der Waals surface area (Å²) in [5, 5.41) is 11.7. The molecule has 3 atom stereocenters. The molecule has 1 aromatic heterocycles. The van der Waals surface area contributed by atoms with Gasteiger partial charge in [0.15, 0.2) is 17.2 Å². The maximum Gasteiger partial charge on any atom is 0.273 e. The zero-order valence-electron chi connectivity index (χ0n) is 28.1. The SMILES string of the molecule is CC(C)CC(C)NC(=O)c1cc(CN2CCCC2)on1.CC(C)CC(NC(=O)CNC=O)C(=O)C1(C)CO1.Cc1ccccc1. The van der Waals surface area contributed by atoms with E-state index in [1.54, 1.807) is 13.0 Å². The van der Waals surface area contributed by atoms with Crippen LogP contribution in [0, 0.1) is 18.8 Å². The molecule has 0 bridgehead atoms. The number of likely N-dealkylation sites (tertiary alicyclic amines) is 1. The number of amides is 3. The standard InChI is InChI=1S/C15H25N3O2.C12H20N2O4.C7H8/c1-11(2)8-12(3)16-15(19)14-9-13(20-17-14)10-18-6-4-5-7-18;1-8(2)4-9(11(17)12(3)6-18-12)14-10(16)5-13-7-15;1-7-5-3-2-4-6-7/h9,11-12H,4-8,10H2,1-3H3,(H,16,19);7-9H,4-6H2,1-3H3,(H,13,15)(H,14,16);2-6H,1H3. The second-order valence-corrected chi connectivity index (χ2v) is 13.0. The van der Waals surface area contributed by atoms with Crippen LogP contribution in [0.25, 0.3) is 0 Å². The van der Waals surface area contributed by atoms with Crippen molar-refractivity contribution in [2.75, 3.05) is 26.2 Å². The van der Waals surface area contributed by atoms with Gasteiger partial charge in [0.25, 0.3) is 5.91 Å². The van der Waals surface area contributed by atoms with Gasteiger partial charge in [-0.15, -0.1) is 0 Å². The number of aryl methyl sites for hydroxylation is 1. The first kappa shape index (κ1) is 37.6. The maximum absolute atomic E-state index is 12.1. The Morgan fingerprint density at radius 3 is 2.13 bits per heavy atom. The number of ketones is 1. The molecule has 2 fully saturated rings. The maximum atomic E-state index is 12.1. The number of epoxide rings is 1. The van der Waals surface area contributed by atoms with Gasteiger partial charge in [0.05, 0.1) is 25.7 Å². The average molecular weight is 628 g/mol. The van der Waals surface area contributed by atoms with Crippen LogP contribution in [0.5, 0.6) is 0 Å². The molecule has 1 aromatic carbocycles. The van der Waals surface area contributed by atoms with E-state index in [1.165, 1.54) is 18.4 Å². The Morgan fingerprint density at radius 1 is 1.00 bits per heavy atom. The molecule has 3 heterocycles. The van der Waals surface area contributed by atoms with Crippen molar-refractivity contribution in [1.29, 1.82) is 0 Å². The molecular weight excluding hydrogens is 574 g/mol. The molecule has 45 heavy (non-hydrogen) atoms. The number of benzene rings is 1. The Bertz CT molecular complexity index is 1190. The van der Waals surface area contributed by atoms with E-state index in [2.05, 4.69) is 58.9 Å². The largest absolute Gasteiger partial charge is 0.361 e. The monoisotopic (exact) mass is 627 g/mol. The van der Waals surface area contributed by atoms with E-state index in [4.69, 9.17) is 9.26 Å². The van der Waals surface area contributed by atoms with Crippen molar-refractivity contribution >= 4 is 24.0 Å². The van der Waals surface area contributed by atoms with Gasteiger partial charge >= 0.3 is 0 Å². The molecule has 11 nitrogen and oxygen atoms in total. The van der Waals surface area contributed by atoms with E-state index in [1.807, 2.05) is 39.0 Å². The van der Waals surface area contributed by atoms with Crippen LogP contribution in [0.1, 0.15) is 89.0 Å². The Morgan fingerprint density at radius 2 is 1.62 bits per heavy atom. The molecule has 2 saturated heterocycles. The highest BCUT2D eigenvalue weighted by Gasteiger charge is 2.50. The number of hydrogen-bond donors (Lipinski definition) is 3. The Labute approximate surface area is 268 Å². The van der Waals surface area contributed by atoms with Gasteiger partial charge in [0.2, 0.25) is 12.3 Å². The van der Waals surface area contributed by atoms with E-state index >= 15 is 0 Å². The first-order valence-electron chi connectivity index (χ1n) is 16.0. The van der Waals surface area contributed by atoms with Gasteiger partial charge in [-0.1, -0.05) is 68.7 Å². The number of Topliss-reactive ketones (excluding diaryl/α,β-unsaturated/α-hetero) is 1. The summed E-state index contributed by atoms with van der Waals surface area (Å²) in [6, 6.07) is 11.6. The molecule has 0 radical (unpaired) electrons. The van der Waals surface area contributed by atoms with Crippen LogP contribution >= 0.6 is 0 Å². The third-order valence-electron chi connectivity index (χ3n) is 7.32. The summed E-state index contributed by atoms with van der Waals surface area (Å²) in [6.07, 6.45) is 4.46. The lowest BCUT2D eigenvalue weighted by molar-refractivity contribution is -0.130. The molecule has 0 saturated carbocycles. The second-order valence-electron chi connectivity index (χ2n) is 13.0. The van der Waals surface area contributed by atoms with E-state index in [0.29, 0.717) is 31.0 Å². The van der Waals surface area contributed by atoms with Gasteiger partial charge in [-0.25, -0.2) is 0 Å². The van der Waals surface area contributed by atoms with Crippen LogP contribution in [0.4, 0.5) is 0 Å². The minimum atomic E-state index is -0.745. The molecular formula is C34H53N5O6. The topological polar surface area (TPSA) is 146 Å². The summed E-state index contributed by atoms with van der Waals surface area (Å²) in [6.45, 7) is 17.3. The third kappa shape index (κ3) is 14.8. The van der Waals surface area contributed by atoms with Gasteiger partial charge in [-0.05, 0) is 71.4 Å². The minimum Gasteiger partial charge on any atom is -0.361 e. The minimum absolute atomic E-state index is 0.101. The van der Waals surface area contributed by atoms with Crippen molar-refractivity contribution < 1.29 is 28.4 Å². The summed E-state index contributed by atoms with van der Waals surface area (Å²) in [7, 11) is 0. The molecule has 250 valence electrons. The zero-order valence-corrected chi connectivity index (χ0v) is 28.1. The van der Waals surface area contributed by atoms with Crippen molar-refractivity contribution in [2.45, 2.75) is 98.4 Å². The molecule has 4 rings (SSSR count). The first-order valence-corrected chi connectivity index (χ1v) is 16.0. The molecule has 2 aromatic rings. The van der Waals surface area contributed by atoms with Crippen LogP contribution in [0.15, 0.2) is 40.9 Å². The van der Waals surface area contributed by atoms with Crippen molar-refractivity contribution in [3.05, 3.63) is 53.4 Å². The molecule has 2 aliphatic rings. The molecule has 2 aliphatic heterocycles. The van der Waals surface area contributed by atoms with Crippen molar-refractivity contribution in [3.63, 3.8) is 0 Å². The second kappa shape index (κ2) is 19.1. The van der Waals surface area contributed by atoms with Crippen LogP contribution in [0.2, 0.25) is 0 Å². The molecule has 3 amide bonds. The highest BCUT2D eigenvalue weighted by atomic mass is 16.6. The van der Waals surface area contributed by atoms with E-state index in [-0.39, 0.29) is 36.1 Å². The quantitative estimate of drug-likeness (QED) is 0.210. The fourth-order valence-electron chi connectivity index (χ4n) is 4.96. The summed E-state index contributed by atoms with van der Waals surface area (Å²) in [5.41, 5.74) is 0.961. The summed E-state index contributed by atoms with van der Waals surface area (Å²) >= 11 is 0. The van der Waals surface area contributed by atoms with Crippen molar-refractivity contribution in [3.8, 4) is 0 Å². The van der Waals surface area contributed by atoms with Gasteiger partial charge in [0, 0.05) is 12.1 Å². The van der Waals surface area contributed by atoms with E-state index in [0.717, 1.165) is 31.8 Å². The normalized spacial score (nSPS) is 18.5. The lowest BCUT2D eigenvalue weighted by atomic mass is 9.93. The number of rotatable bonds is 14. The Kier molecular flexibility index (Phi) is 15.9. The van der Waals surface area contributed by atoms with Crippen molar-refractivity contribution in [1.82, 2.24) is 26.0 Å². The molecule has 11 heteroatoms. The first-order chi connectivity index (χ1) is 21.3. The van der Waals surface area contributed by atoms with E-state index in [9.17, 15) is 19.2 Å². The van der Waals surface area contributed by atoms with Gasteiger partial charge in [-0.3, -0.25) is 24.1 Å². The lowest BCUT2D eigenvalue weighted by Crippen LogP contribution is -2.48.